The van der Waals surface area contributed by atoms with Crippen molar-refractivity contribution in [1.82, 2.24) is 0 Å². The zero-order chi connectivity index (χ0) is 14.5. The van der Waals surface area contributed by atoms with Crippen molar-refractivity contribution in [1.29, 1.82) is 0 Å². The average molecular weight is 273 g/mol. The summed E-state index contributed by atoms with van der Waals surface area (Å²) in [6.45, 7) is 3.87. The van der Waals surface area contributed by atoms with Crippen molar-refractivity contribution in [2.24, 2.45) is 0 Å². The Morgan fingerprint density at radius 1 is 1.15 bits per heavy atom. The molecule has 2 aromatic rings. The van der Waals surface area contributed by atoms with E-state index >= 15 is 0 Å². The molecule has 0 fully saturated rings. The highest BCUT2D eigenvalue weighted by Gasteiger charge is 2.07. The maximum Gasteiger partial charge on any atom is 0.255 e. The molecule has 4 heteroatoms. The van der Waals surface area contributed by atoms with E-state index in [9.17, 15) is 9.18 Å². The second kappa shape index (κ2) is 6.19. The van der Waals surface area contributed by atoms with Gasteiger partial charge in [-0.3, -0.25) is 4.79 Å². The quantitative estimate of drug-likeness (QED) is 0.918. The lowest BCUT2D eigenvalue weighted by atomic mass is 10.2. The minimum absolute atomic E-state index is 0.0676. The standard InChI is InChI=1S/C16H16FNO2/c1-11(2)20-15-5-3-4-14(10-15)18-16(19)12-6-8-13(17)9-7-12/h3-11H,1-2H3,(H,18,19). The molecule has 0 aliphatic carbocycles. The average Bonchev–Trinajstić information content (AvgIpc) is 2.39. The second-order valence-corrected chi connectivity index (χ2v) is 4.66. The van der Waals surface area contributed by atoms with Gasteiger partial charge in [-0.2, -0.15) is 0 Å². The molecule has 0 bridgehead atoms. The predicted molar refractivity (Wildman–Crippen MR) is 76.6 cm³/mol. The Morgan fingerprint density at radius 3 is 2.50 bits per heavy atom. The Hall–Kier alpha value is -2.36. The first kappa shape index (κ1) is 14.1. The van der Waals surface area contributed by atoms with Crippen LogP contribution in [0.1, 0.15) is 24.2 Å². The first-order valence-electron chi connectivity index (χ1n) is 6.38. The van der Waals surface area contributed by atoms with Gasteiger partial charge in [0, 0.05) is 17.3 Å². The molecule has 0 aliphatic rings. The smallest absolute Gasteiger partial charge is 0.255 e. The van der Waals surface area contributed by atoms with E-state index in [1.165, 1.54) is 24.3 Å². The van der Waals surface area contributed by atoms with E-state index in [-0.39, 0.29) is 17.8 Å². The largest absolute Gasteiger partial charge is 0.491 e. The SMILES string of the molecule is CC(C)Oc1cccc(NC(=O)c2ccc(F)cc2)c1. The van der Waals surface area contributed by atoms with Crippen LogP contribution >= 0.6 is 0 Å². The third kappa shape index (κ3) is 3.82. The summed E-state index contributed by atoms with van der Waals surface area (Å²) in [6.07, 6.45) is 0.0676. The summed E-state index contributed by atoms with van der Waals surface area (Å²) in [5, 5.41) is 2.75. The Labute approximate surface area is 117 Å². The minimum atomic E-state index is -0.367. The monoisotopic (exact) mass is 273 g/mol. The fourth-order valence-electron chi connectivity index (χ4n) is 1.72. The van der Waals surface area contributed by atoms with Crippen LogP contribution in [0.3, 0.4) is 0 Å². The number of benzene rings is 2. The van der Waals surface area contributed by atoms with Crippen molar-refractivity contribution in [3.8, 4) is 5.75 Å². The molecule has 1 amide bonds. The molecule has 0 unspecified atom stereocenters. The van der Waals surface area contributed by atoms with Crippen molar-refractivity contribution < 1.29 is 13.9 Å². The number of hydrogen-bond acceptors (Lipinski definition) is 2. The van der Waals surface area contributed by atoms with Crippen LogP contribution in [-0.4, -0.2) is 12.0 Å². The highest BCUT2D eigenvalue weighted by molar-refractivity contribution is 6.04. The predicted octanol–water partition coefficient (Wildman–Crippen LogP) is 3.87. The Bertz CT molecular complexity index is 594. The van der Waals surface area contributed by atoms with Gasteiger partial charge in [0.2, 0.25) is 0 Å². The molecule has 2 rings (SSSR count). The fourth-order valence-corrected chi connectivity index (χ4v) is 1.72. The molecule has 3 nitrogen and oxygen atoms in total. The maximum absolute atomic E-state index is 12.8. The van der Waals surface area contributed by atoms with Crippen LogP contribution < -0.4 is 10.1 Å². The van der Waals surface area contributed by atoms with Gasteiger partial charge in [-0.15, -0.1) is 0 Å². The zero-order valence-corrected chi connectivity index (χ0v) is 11.4. The van der Waals surface area contributed by atoms with E-state index in [0.717, 1.165) is 0 Å². The lowest BCUT2D eigenvalue weighted by Crippen LogP contribution is -2.12. The summed E-state index contributed by atoms with van der Waals surface area (Å²) in [6, 6.07) is 12.6. The van der Waals surface area contributed by atoms with Gasteiger partial charge in [-0.1, -0.05) is 6.07 Å². The Morgan fingerprint density at radius 2 is 1.85 bits per heavy atom. The van der Waals surface area contributed by atoms with Crippen LogP contribution in [0.15, 0.2) is 48.5 Å². The van der Waals surface area contributed by atoms with Gasteiger partial charge in [-0.25, -0.2) is 4.39 Å². The number of rotatable bonds is 4. The van der Waals surface area contributed by atoms with Gasteiger partial charge in [-0.05, 0) is 50.2 Å². The number of nitrogens with one attached hydrogen (secondary N) is 1. The van der Waals surface area contributed by atoms with Crippen LogP contribution in [0.4, 0.5) is 10.1 Å². The number of carbonyl (C=O) groups is 1. The van der Waals surface area contributed by atoms with E-state index in [2.05, 4.69) is 5.32 Å². The molecular weight excluding hydrogens is 257 g/mol. The van der Waals surface area contributed by atoms with Gasteiger partial charge < -0.3 is 10.1 Å². The molecule has 2 aromatic carbocycles. The normalized spacial score (nSPS) is 10.4. The topological polar surface area (TPSA) is 38.3 Å². The van der Waals surface area contributed by atoms with Crippen LogP contribution in [0.25, 0.3) is 0 Å². The number of halogens is 1. The lowest BCUT2D eigenvalue weighted by Gasteiger charge is -2.11. The van der Waals surface area contributed by atoms with E-state index in [1.807, 2.05) is 19.9 Å². The van der Waals surface area contributed by atoms with Crippen molar-refractivity contribution in [2.45, 2.75) is 20.0 Å². The Balaban J connectivity index is 2.09. The molecule has 0 radical (unpaired) electrons. The van der Waals surface area contributed by atoms with E-state index in [0.29, 0.717) is 17.0 Å². The first-order valence-corrected chi connectivity index (χ1v) is 6.38. The summed E-state index contributed by atoms with van der Waals surface area (Å²) in [5.74, 6) is 0.0393. The molecule has 0 aromatic heterocycles. The van der Waals surface area contributed by atoms with Gasteiger partial charge in [0.1, 0.15) is 11.6 Å². The first-order chi connectivity index (χ1) is 9.54. The molecule has 20 heavy (non-hydrogen) atoms. The third-order valence-electron chi connectivity index (χ3n) is 2.57. The highest BCUT2D eigenvalue weighted by atomic mass is 19.1. The lowest BCUT2D eigenvalue weighted by molar-refractivity contribution is 0.102. The summed E-state index contributed by atoms with van der Waals surface area (Å²) in [4.78, 5) is 12.0. The van der Waals surface area contributed by atoms with Crippen LogP contribution in [0, 0.1) is 5.82 Å². The van der Waals surface area contributed by atoms with E-state index in [4.69, 9.17) is 4.74 Å². The summed E-state index contributed by atoms with van der Waals surface area (Å²) < 4.78 is 18.4. The highest BCUT2D eigenvalue weighted by Crippen LogP contribution is 2.19. The molecule has 0 aliphatic heterocycles. The van der Waals surface area contributed by atoms with Gasteiger partial charge in [0.05, 0.1) is 6.10 Å². The molecule has 0 heterocycles. The summed E-state index contributed by atoms with van der Waals surface area (Å²) in [5.41, 5.74) is 1.04. The molecule has 0 saturated carbocycles. The second-order valence-electron chi connectivity index (χ2n) is 4.66. The zero-order valence-electron chi connectivity index (χ0n) is 11.4. The fraction of sp³-hybridized carbons (Fsp3) is 0.188. The van der Waals surface area contributed by atoms with Crippen LogP contribution in [0.5, 0.6) is 5.75 Å². The number of ether oxygens (including phenoxy) is 1. The number of amides is 1. The van der Waals surface area contributed by atoms with Gasteiger partial charge >= 0.3 is 0 Å². The molecule has 0 saturated heterocycles. The van der Waals surface area contributed by atoms with E-state index < -0.39 is 0 Å². The van der Waals surface area contributed by atoms with E-state index in [1.54, 1.807) is 18.2 Å². The summed E-state index contributed by atoms with van der Waals surface area (Å²) >= 11 is 0. The van der Waals surface area contributed by atoms with Crippen molar-refractivity contribution in [2.75, 3.05) is 5.32 Å². The van der Waals surface area contributed by atoms with Crippen LogP contribution in [-0.2, 0) is 0 Å². The minimum Gasteiger partial charge on any atom is -0.491 e. The Kier molecular flexibility index (Phi) is 4.35. The van der Waals surface area contributed by atoms with Crippen LogP contribution in [0.2, 0.25) is 0 Å². The maximum atomic E-state index is 12.8. The van der Waals surface area contributed by atoms with Crippen molar-refractivity contribution >= 4 is 11.6 Å². The number of hydrogen-bond donors (Lipinski definition) is 1. The number of anilines is 1. The molecule has 0 spiro atoms. The number of carbonyl (C=O) groups excluding carboxylic acids is 1. The van der Waals surface area contributed by atoms with Gasteiger partial charge in [0.15, 0.2) is 0 Å². The molecule has 0 atom stereocenters. The molecule has 104 valence electrons. The third-order valence-corrected chi connectivity index (χ3v) is 2.57. The van der Waals surface area contributed by atoms with Gasteiger partial charge in [0.25, 0.3) is 5.91 Å². The summed E-state index contributed by atoms with van der Waals surface area (Å²) in [7, 11) is 0. The van der Waals surface area contributed by atoms with Crippen molar-refractivity contribution in [3.05, 3.63) is 59.9 Å². The molecule has 1 N–H and O–H groups in total. The molecular formula is C16H16FNO2. The van der Waals surface area contributed by atoms with Crippen molar-refractivity contribution in [3.63, 3.8) is 0 Å².